The first-order chi connectivity index (χ1) is 9.97. The summed E-state index contributed by atoms with van der Waals surface area (Å²) < 4.78 is 7.12. The van der Waals surface area contributed by atoms with Crippen LogP contribution in [0.4, 0.5) is 0 Å². The summed E-state index contributed by atoms with van der Waals surface area (Å²) in [6.45, 7) is 5.50. The second-order valence-corrected chi connectivity index (χ2v) is 5.26. The van der Waals surface area contributed by atoms with E-state index in [0.717, 1.165) is 22.2 Å². The molecule has 0 radical (unpaired) electrons. The maximum atomic E-state index is 12.0. The molecule has 0 saturated carbocycles. The van der Waals surface area contributed by atoms with Gasteiger partial charge in [-0.1, -0.05) is 18.2 Å². The van der Waals surface area contributed by atoms with Gasteiger partial charge in [0.1, 0.15) is 11.7 Å². The number of aryl methyl sites for hydroxylation is 1. The van der Waals surface area contributed by atoms with E-state index in [1.165, 1.54) is 6.92 Å². The van der Waals surface area contributed by atoms with Gasteiger partial charge < -0.3 is 9.30 Å². The minimum Gasteiger partial charge on any atom is -0.465 e. The largest absolute Gasteiger partial charge is 0.465 e. The Kier molecular flexibility index (Phi) is 4.46. The number of aromatic nitrogens is 1. The number of hydrogen-bond donors (Lipinski definition) is 0. The lowest BCUT2D eigenvalue weighted by Gasteiger charge is -2.13. The molecule has 21 heavy (non-hydrogen) atoms. The molecule has 1 heterocycles. The fraction of sp³-hybridized carbons (Fsp3) is 0.412. The van der Waals surface area contributed by atoms with Gasteiger partial charge >= 0.3 is 5.97 Å². The number of nitrogens with zero attached hydrogens (tertiary/aromatic N) is 1. The summed E-state index contributed by atoms with van der Waals surface area (Å²) in [6, 6.07) is 8.02. The van der Waals surface area contributed by atoms with Crippen molar-refractivity contribution in [1.82, 2.24) is 4.57 Å². The zero-order chi connectivity index (χ0) is 15.6. The molecule has 0 amide bonds. The van der Waals surface area contributed by atoms with Crippen molar-refractivity contribution in [3.63, 3.8) is 0 Å². The third kappa shape index (κ3) is 2.84. The number of carbonyl (C=O) groups excluding carboxylic acids is 2. The third-order valence-corrected chi connectivity index (χ3v) is 4.00. The molecule has 4 heteroatoms. The molecular weight excluding hydrogens is 266 g/mol. The van der Waals surface area contributed by atoms with E-state index >= 15 is 0 Å². The molecular formula is C17H21NO3. The van der Waals surface area contributed by atoms with E-state index in [4.69, 9.17) is 4.74 Å². The van der Waals surface area contributed by atoms with E-state index in [1.54, 1.807) is 6.92 Å². The molecule has 2 aromatic rings. The standard InChI is InChI=1S/C17H21NO3/c1-5-21-17(20)15(12(3)19)10-14-11(2)18(4)16-9-7-6-8-13(14)16/h6-9,15H,5,10H2,1-4H3. The first-order valence-electron chi connectivity index (χ1n) is 7.17. The lowest BCUT2D eigenvalue weighted by atomic mass is 9.94. The first-order valence-corrected chi connectivity index (χ1v) is 7.17. The van der Waals surface area contributed by atoms with Crippen LogP contribution in [0.5, 0.6) is 0 Å². The van der Waals surface area contributed by atoms with E-state index < -0.39 is 11.9 Å². The molecule has 0 spiro atoms. The molecule has 1 aromatic carbocycles. The highest BCUT2D eigenvalue weighted by Gasteiger charge is 2.27. The van der Waals surface area contributed by atoms with Crippen molar-refractivity contribution in [2.24, 2.45) is 13.0 Å². The highest BCUT2D eigenvalue weighted by molar-refractivity contribution is 5.98. The van der Waals surface area contributed by atoms with E-state index in [-0.39, 0.29) is 12.4 Å². The topological polar surface area (TPSA) is 48.3 Å². The number of Topliss-reactive ketones (excluding diaryl/α,β-unsaturated/α-hetero) is 1. The van der Waals surface area contributed by atoms with Gasteiger partial charge in [0.25, 0.3) is 0 Å². The van der Waals surface area contributed by atoms with Crippen LogP contribution in [-0.2, 0) is 27.8 Å². The van der Waals surface area contributed by atoms with Gasteiger partial charge in [0, 0.05) is 23.6 Å². The SMILES string of the molecule is CCOC(=O)C(Cc1c(C)n(C)c2ccccc12)C(C)=O. The lowest BCUT2D eigenvalue weighted by Crippen LogP contribution is -2.26. The van der Waals surface area contributed by atoms with Gasteiger partial charge in [-0.3, -0.25) is 9.59 Å². The fourth-order valence-electron chi connectivity index (χ4n) is 2.70. The van der Waals surface area contributed by atoms with Crippen molar-refractivity contribution in [3.8, 4) is 0 Å². The number of esters is 1. The molecule has 0 N–H and O–H groups in total. The molecule has 4 nitrogen and oxygen atoms in total. The van der Waals surface area contributed by atoms with Crippen molar-refractivity contribution in [1.29, 1.82) is 0 Å². The molecule has 0 bridgehead atoms. The summed E-state index contributed by atoms with van der Waals surface area (Å²) in [4.78, 5) is 23.8. The van der Waals surface area contributed by atoms with Gasteiger partial charge in [-0.25, -0.2) is 0 Å². The minimum atomic E-state index is -0.727. The summed E-state index contributed by atoms with van der Waals surface area (Å²) in [6.07, 6.45) is 0.390. The van der Waals surface area contributed by atoms with Crippen LogP contribution in [0.25, 0.3) is 10.9 Å². The van der Waals surface area contributed by atoms with E-state index in [0.29, 0.717) is 6.42 Å². The van der Waals surface area contributed by atoms with Gasteiger partial charge in [0.05, 0.1) is 6.61 Å². The Balaban J connectivity index is 2.44. The van der Waals surface area contributed by atoms with Crippen molar-refractivity contribution >= 4 is 22.7 Å². The smallest absolute Gasteiger partial charge is 0.316 e. The van der Waals surface area contributed by atoms with Crippen LogP contribution in [0.3, 0.4) is 0 Å². The highest BCUT2D eigenvalue weighted by atomic mass is 16.5. The summed E-state index contributed by atoms with van der Waals surface area (Å²) >= 11 is 0. The maximum absolute atomic E-state index is 12.0. The number of ketones is 1. The normalized spacial score (nSPS) is 12.4. The minimum absolute atomic E-state index is 0.152. The monoisotopic (exact) mass is 287 g/mol. The Bertz CT molecular complexity index is 685. The third-order valence-electron chi connectivity index (χ3n) is 4.00. The highest BCUT2D eigenvalue weighted by Crippen LogP contribution is 2.27. The molecule has 1 aromatic heterocycles. The predicted octanol–water partition coefficient (Wildman–Crippen LogP) is 2.80. The van der Waals surface area contributed by atoms with Crippen molar-refractivity contribution < 1.29 is 14.3 Å². The van der Waals surface area contributed by atoms with Crippen molar-refractivity contribution in [3.05, 3.63) is 35.5 Å². The van der Waals surface area contributed by atoms with Crippen LogP contribution >= 0.6 is 0 Å². The Hall–Kier alpha value is -2.10. The first kappa shape index (κ1) is 15.3. The van der Waals surface area contributed by atoms with Gasteiger partial charge in [0.15, 0.2) is 0 Å². The summed E-state index contributed by atoms with van der Waals surface area (Å²) in [7, 11) is 1.99. The average molecular weight is 287 g/mol. The van der Waals surface area contributed by atoms with E-state index in [1.807, 2.05) is 38.2 Å². The van der Waals surface area contributed by atoms with Crippen LogP contribution in [0.1, 0.15) is 25.1 Å². The second-order valence-electron chi connectivity index (χ2n) is 5.26. The van der Waals surface area contributed by atoms with E-state index in [9.17, 15) is 9.59 Å². The number of fused-ring (bicyclic) bond motifs is 1. The molecule has 1 unspecified atom stereocenters. The van der Waals surface area contributed by atoms with Gasteiger partial charge in [-0.2, -0.15) is 0 Å². The Morgan fingerprint density at radius 2 is 1.95 bits per heavy atom. The molecule has 0 saturated heterocycles. The van der Waals surface area contributed by atoms with Crippen LogP contribution in [0.2, 0.25) is 0 Å². The van der Waals surface area contributed by atoms with Gasteiger partial charge in [-0.05, 0) is 38.8 Å². The molecule has 1 atom stereocenters. The number of para-hydroxylation sites is 1. The summed E-state index contributed by atoms with van der Waals surface area (Å²) in [5, 5.41) is 1.09. The molecule has 0 aliphatic heterocycles. The lowest BCUT2D eigenvalue weighted by molar-refractivity contribution is -0.151. The maximum Gasteiger partial charge on any atom is 0.316 e. The summed E-state index contributed by atoms with van der Waals surface area (Å²) in [5.74, 6) is -1.31. The summed E-state index contributed by atoms with van der Waals surface area (Å²) in [5.41, 5.74) is 3.23. The Labute approximate surface area is 124 Å². The van der Waals surface area contributed by atoms with Crippen molar-refractivity contribution in [2.45, 2.75) is 27.2 Å². The zero-order valence-electron chi connectivity index (χ0n) is 13.0. The Morgan fingerprint density at radius 1 is 1.29 bits per heavy atom. The number of carbonyl (C=O) groups is 2. The number of ether oxygens (including phenoxy) is 1. The molecule has 0 aliphatic rings. The second kappa shape index (κ2) is 6.12. The van der Waals surface area contributed by atoms with Gasteiger partial charge in [0.2, 0.25) is 0 Å². The quantitative estimate of drug-likeness (QED) is 0.627. The molecule has 0 fully saturated rings. The van der Waals surface area contributed by atoms with Crippen molar-refractivity contribution in [2.75, 3.05) is 6.61 Å². The number of benzene rings is 1. The van der Waals surface area contributed by atoms with Crippen LogP contribution in [0.15, 0.2) is 24.3 Å². The van der Waals surface area contributed by atoms with Crippen LogP contribution in [-0.4, -0.2) is 22.9 Å². The van der Waals surface area contributed by atoms with Crippen LogP contribution < -0.4 is 0 Å². The fourth-order valence-corrected chi connectivity index (χ4v) is 2.70. The number of rotatable bonds is 5. The van der Waals surface area contributed by atoms with E-state index in [2.05, 4.69) is 4.57 Å². The molecule has 112 valence electrons. The number of hydrogen-bond acceptors (Lipinski definition) is 3. The predicted molar refractivity (Wildman–Crippen MR) is 82.2 cm³/mol. The zero-order valence-corrected chi connectivity index (χ0v) is 13.0. The molecule has 2 rings (SSSR count). The van der Waals surface area contributed by atoms with Gasteiger partial charge in [-0.15, -0.1) is 0 Å². The van der Waals surface area contributed by atoms with Crippen LogP contribution in [0, 0.1) is 12.8 Å². The average Bonchev–Trinajstić information content (AvgIpc) is 2.69. The molecule has 0 aliphatic carbocycles. The Morgan fingerprint density at radius 3 is 2.57 bits per heavy atom.